The zero-order valence-electron chi connectivity index (χ0n) is 14.2. The molecule has 0 saturated carbocycles. The first-order valence-corrected chi connectivity index (χ1v) is 8.48. The molecule has 0 aliphatic carbocycles. The average molecular weight is 339 g/mol. The van der Waals surface area contributed by atoms with Crippen molar-refractivity contribution in [1.29, 1.82) is 0 Å². The number of carbonyl (C=O) groups is 1. The first-order chi connectivity index (χ1) is 12.8. The van der Waals surface area contributed by atoms with Crippen LogP contribution in [0.5, 0.6) is 0 Å². The number of rotatable bonds is 2. The molecule has 0 bridgehead atoms. The van der Waals surface area contributed by atoms with Crippen molar-refractivity contribution in [3.8, 4) is 11.8 Å². The summed E-state index contributed by atoms with van der Waals surface area (Å²) >= 11 is 0. The number of amides is 1. The fourth-order valence-electron chi connectivity index (χ4n) is 2.95. The third-order valence-electron chi connectivity index (χ3n) is 4.30. The number of hydrogen-bond acceptors (Lipinski definition) is 2. The molecule has 1 aliphatic rings. The van der Waals surface area contributed by atoms with Crippen LogP contribution in [0.3, 0.4) is 0 Å². The Bertz CT molecular complexity index is 999. The number of ether oxygens (including phenoxy) is 1. The van der Waals surface area contributed by atoms with Gasteiger partial charge in [-0.25, -0.2) is 4.79 Å². The average Bonchev–Trinajstić information content (AvgIpc) is 2.69. The van der Waals surface area contributed by atoms with E-state index in [1.807, 2.05) is 78.9 Å². The van der Waals surface area contributed by atoms with E-state index < -0.39 is 0 Å². The van der Waals surface area contributed by atoms with E-state index in [2.05, 4.69) is 11.8 Å². The van der Waals surface area contributed by atoms with Crippen molar-refractivity contribution < 1.29 is 9.53 Å². The van der Waals surface area contributed by atoms with Crippen molar-refractivity contribution in [3.05, 3.63) is 101 Å². The summed E-state index contributed by atoms with van der Waals surface area (Å²) < 4.78 is 5.57. The molecular weight excluding hydrogens is 322 g/mol. The topological polar surface area (TPSA) is 29.5 Å². The van der Waals surface area contributed by atoms with Crippen molar-refractivity contribution in [2.45, 2.75) is 13.2 Å². The summed E-state index contributed by atoms with van der Waals surface area (Å²) in [4.78, 5) is 14.5. The number of anilines is 1. The molecule has 0 atom stereocenters. The van der Waals surface area contributed by atoms with Crippen LogP contribution < -0.4 is 4.90 Å². The molecule has 26 heavy (non-hydrogen) atoms. The van der Waals surface area contributed by atoms with Gasteiger partial charge in [-0.1, -0.05) is 72.5 Å². The number of hydrogen-bond donors (Lipinski definition) is 0. The van der Waals surface area contributed by atoms with Gasteiger partial charge >= 0.3 is 6.09 Å². The largest absolute Gasteiger partial charge is 0.444 e. The second kappa shape index (κ2) is 7.16. The van der Waals surface area contributed by atoms with Crippen molar-refractivity contribution in [2.75, 3.05) is 4.90 Å². The summed E-state index contributed by atoms with van der Waals surface area (Å²) in [6.07, 6.45) is -0.375. The van der Waals surface area contributed by atoms with Crippen molar-refractivity contribution >= 4 is 11.8 Å². The minimum atomic E-state index is -0.375. The lowest BCUT2D eigenvalue weighted by Gasteiger charge is -2.25. The standard InChI is InChI=1S/C23H17NO2/c25-23(26-17-18-8-2-1-3-9-18)24-16-21-12-5-4-10-19(21)14-15-20-11-6-7-13-22(20)24/h1-13H,16-17H2. The van der Waals surface area contributed by atoms with Gasteiger partial charge in [0.1, 0.15) is 6.61 Å². The fraction of sp³-hybridized carbons (Fsp3) is 0.0870. The van der Waals surface area contributed by atoms with E-state index in [-0.39, 0.29) is 12.7 Å². The molecule has 0 saturated heterocycles. The second-order valence-corrected chi connectivity index (χ2v) is 6.05. The molecular formula is C23H17NO2. The quantitative estimate of drug-likeness (QED) is 0.631. The Labute approximate surface area is 152 Å². The summed E-state index contributed by atoms with van der Waals surface area (Å²) in [5.74, 6) is 6.39. The van der Waals surface area contributed by atoms with Gasteiger partial charge in [-0.05, 0) is 29.3 Å². The molecule has 3 nitrogen and oxygen atoms in total. The van der Waals surface area contributed by atoms with Gasteiger partial charge in [0, 0.05) is 11.1 Å². The van der Waals surface area contributed by atoms with Gasteiger partial charge in [-0.15, -0.1) is 0 Å². The summed E-state index contributed by atoms with van der Waals surface area (Å²) in [5, 5.41) is 0. The summed E-state index contributed by atoms with van der Waals surface area (Å²) in [6, 6.07) is 25.2. The van der Waals surface area contributed by atoms with Gasteiger partial charge in [0.05, 0.1) is 12.2 Å². The third-order valence-corrected chi connectivity index (χ3v) is 4.30. The number of fused-ring (bicyclic) bond motifs is 2. The predicted molar refractivity (Wildman–Crippen MR) is 102 cm³/mol. The minimum Gasteiger partial charge on any atom is -0.444 e. The van der Waals surface area contributed by atoms with Gasteiger partial charge in [0.15, 0.2) is 0 Å². The van der Waals surface area contributed by atoms with E-state index in [1.54, 1.807) is 4.90 Å². The first-order valence-electron chi connectivity index (χ1n) is 8.48. The monoisotopic (exact) mass is 339 g/mol. The SMILES string of the molecule is O=C(OCc1ccccc1)N1Cc2ccccc2C#Cc2ccccc21. The van der Waals surface area contributed by atoms with Crippen LogP contribution in [0.2, 0.25) is 0 Å². The van der Waals surface area contributed by atoms with Crippen molar-refractivity contribution in [2.24, 2.45) is 0 Å². The number of para-hydroxylation sites is 1. The van der Waals surface area contributed by atoms with Gasteiger partial charge < -0.3 is 4.74 Å². The van der Waals surface area contributed by atoms with E-state index >= 15 is 0 Å². The smallest absolute Gasteiger partial charge is 0.414 e. The number of benzene rings is 3. The predicted octanol–water partition coefficient (Wildman–Crippen LogP) is 4.74. The molecule has 4 rings (SSSR count). The molecule has 1 aliphatic heterocycles. The maximum atomic E-state index is 12.9. The Morgan fingerprint density at radius 3 is 2.35 bits per heavy atom. The van der Waals surface area contributed by atoms with Crippen molar-refractivity contribution in [3.63, 3.8) is 0 Å². The van der Waals surface area contributed by atoms with Crippen LogP contribution in [0.25, 0.3) is 0 Å². The van der Waals surface area contributed by atoms with Crippen LogP contribution in [-0.2, 0) is 17.9 Å². The highest BCUT2D eigenvalue weighted by Gasteiger charge is 2.22. The molecule has 1 heterocycles. The third kappa shape index (κ3) is 3.31. The molecule has 126 valence electrons. The zero-order valence-corrected chi connectivity index (χ0v) is 14.2. The summed E-state index contributed by atoms with van der Waals surface area (Å²) in [5.41, 5.74) is 4.49. The van der Waals surface area contributed by atoms with Crippen LogP contribution in [0.15, 0.2) is 78.9 Å². The van der Waals surface area contributed by atoms with Gasteiger partial charge in [0.25, 0.3) is 0 Å². The Morgan fingerprint density at radius 2 is 1.50 bits per heavy atom. The second-order valence-electron chi connectivity index (χ2n) is 6.05. The van der Waals surface area contributed by atoms with E-state index in [0.29, 0.717) is 6.54 Å². The fourth-order valence-corrected chi connectivity index (χ4v) is 2.95. The summed E-state index contributed by atoms with van der Waals surface area (Å²) in [7, 11) is 0. The molecule has 0 fully saturated rings. The molecule has 3 aromatic rings. The minimum absolute atomic E-state index is 0.242. The van der Waals surface area contributed by atoms with Crippen LogP contribution in [0, 0.1) is 11.8 Å². The van der Waals surface area contributed by atoms with E-state index in [1.165, 1.54) is 0 Å². The van der Waals surface area contributed by atoms with Gasteiger partial charge in [-0.2, -0.15) is 0 Å². The van der Waals surface area contributed by atoms with E-state index in [4.69, 9.17) is 4.74 Å². The van der Waals surface area contributed by atoms with Crippen LogP contribution >= 0.6 is 0 Å². The van der Waals surface area contributed by atoms with Gasteiger partial charge in [-0.3, -0.25) is 4.90 Å². The lowest BCUT2D eigenvalue weighted by Crippen LogP contribution is -2.32. The van der Waals surface area contributed by atoms with E-state index in [9.17, 15) is 4.79 Å². The number of nitrogens with zero attached hydrogens (tertiary/aromatic N) is 1. The molecule has 0 spiro atoms. The Morgan fingerprint density at radius 1 is 0.846 bits per heavy atom. The molecule has 0 N–H and O–H groups in total. The maximum absolute atomic E-state index is 12.9. The number of carbonyl (C=O) groups excluding carboxylic acids is 1. The Hall–Kier alpha value is -3.51. The van der Waals surface area contributed by atoms with Crippen LogP contribution in [0.4, 0.5) is 10.5 Å². The van der Waals surface area contributed by atoms with Crippen molar-refractivity contribution in [1.82, 2.24) is 0 Å². The van der Waals surface area contributed by atoms with Crippen LogP contribution in [-0.4, -0.2) is 6.09 Å². The Balaban J connectivity index is 1.66. The first kappa shape index (κ1) is 16.0. The van der Waals surface area contributed by atoms with E-state index in [0.717, 1.165) is 27.9 Å². The van der Waals surface area contributed by atoms with Gasteiger partial charge in [0.2, 0.25) is 0 Å². The lowest BCUT2D eigenvalue weighted by atomic mass is 10.0. The molecule has 0 unspecified atom stereocenters. The highest BCUT2D eigenvalue weighted by molar-refractivity contribution is 5.90. The normalized spacial score (nSPS) is 11.9. The van der Waals surface area contributed by atoms with Crippen LogP contribution in [0.1, 0.15) is 22.3 Å². The Kier molecular flexibility index (Phi) is 4.40. The highest BCUT2D eigenvalue weighted by Crippen LogP contribution is 2.26. The molecule has 1 amide bonds. The molecule has 0 aromatic heterocycles. The molecule has 3 aromatic carbocycles. The lowest BCUT2D eigenvalue weighted by molar-refractivity contribution is 0.146. The highest BCUT2D eigenvalue weighted by atomic mass is 16.6. The molecule has 3 heteroatoms. The molecule has 0 radical (unpaired) electrons. The maximum Gasteiger partial charge on any atom is 0.414 e. The zero-order chi connectivity index (χ0) is 17.8. The summed E-state index contributed by atoms with van der Waals surface area (Å²) in [6.45, 7) is 0.668.